The van der Waals surface area contributed by atoms with Gasteiger partial charge in [0.15, 0.2) is 0 Å². The van der Waals surface area contributed by atoms with Crippen LogP contribution < -0.4 is 0 Å². The van der Waals surface area contributed by atoms with Crippen LogP contribution in [0.5, 0.6) is 0 Å². The highest BCUT2D eigenvalue weighted by atomic mass is 15.2. The molecule has 1 aliphatic rings. The van der Waals surface area contributed by atoms with Crippen LogP contribution in [0, 0.1) is 11.3 Å². The average molecular weight is 200 g/mol. The summed E-state index contributed by atoms with van der Waals surface area (Å²) in [5.41, 5.74) is 1.43. The van der Waals surface area contributed by atoms with Gasteiger partial charge in [-0.15, -0.1) is 0 Å². The quantitative estimate of drug-likeness (QED) is 0.749. The van der Waals surface area contributed by atoms with Gasteiger partial charge in [-0.1, -0.05) is 30.3 Å². The van der Waals surface area contributed by atoms with Gasteiger partial charge in [-0.3, -0.25) is 4.90 Å². The summed E-state index contributed by atoms with van der Waals surface area (Å²) in [4.78, 5) is 2.38. The first-order valence-electron chi connectivity index (χ1n) is 5.47. The number of nitrogens with zero attached hydrogens (tertiary/aromatic N) is 2. The highest BCUT2D eigenvalue weighted by Gasteiger charge is 2.30. The largest absolute Gasteiger partial charge is 0.298 e. The zero-order valence-electron chi connectivity index (χ0n) is 9.06. The maximum Gasteiger partial charge on any atom is 0.0638 e. The molecule has 0 bridgehead atoms. The lowest BCUT2D eigenvalue weighted by molar-refractivity contribution is 0.103. The van der Waals surface area contributed by atoms with Crippen molar-refractivity contribution in [3.63, 3.8) is 0 Å². The molecule has 1 saturated heterocycles. The summed E-state index contributed by atoms with van der Waals surface area (Å²) < 4.78 is 0. The molecule has 0 saturated carbocycles. The molecule has 0 aromatic heterocycles. The Hall–Kier alpha value is -1.33. The van der Waals surface area contributed by atoms with Crippen molar-refractivity contribution >= 4 is 0 Å². The Morgan fingerprint density at radius 3 is 2.67 bits per heavy atom. The summed E-state index contributed by atoms with van der Waals surface area (Å²) in [5.74, 6) is 0.673. The molecule has 1 heterocycles. The minimum absolute atomic E-state index is 0.412. The van der Waals surface area contributed by atoms with E-state index in [2.05, 4.69) is 48.2 Å². The van der Waals surface area contributed by atoms with Crippen LogP contribution in [0.2, 0.25) is 0 Å². The van der Waals surface area contributed by atoms with Crippen molar-refractivity contribution in [3.05, 3.63) is 35.9 Å². The Kier molecular flexibility index (Phi) is 3.03. The van der Waals surface area contributed by atoms with Crippen LogP contribution in [0.3, 0.4) is 0 Å². The Labute approximate surface area is 91.1 Å². The first-order chi connectivity index (χ1) is 7.31. The fourth-order valence-electron chi connectivity index (χ4n) is 2.07. The molecule has 15 heavy (non-hydrogen) atoms. The second kappa shape index (κ2) is 4.46. The Morgan fingerprint density at radius 2 is 2.07 bits per heavy atom. The van der Waals surface area contributed by atoms with Crippen molar-refractivity contribution in [2.24, 2.45) is 0 Å². The summed E-state index contributed by atoms with van der Waals surface area (Å²) in [6.45, 7) is 4.34. The third-order valence-corrected chi connectivity index (χ3v) is 3.19. The molecule has 0 radical (unpaired) electrons. The van der Waals surface area contributed by atoms with Crippen molar-refractivity contribution < 1.29 is 0 Å². The standard InChI is InChI=1S/C13H16N2/c1-11(7-8-14)15-9-13(10-15)12-5-3-2-4-6-12/h2-6,11,13H,7,9-10H2,1H3. The molecule has 0 spiro atoms. The summed E-state index contributed by atoms with van der Waals surface area (Å²) in [7, 11) is 0. The molecule has 2 rings (SSSR count). The van der Waals surface area contributed by atoms with Crippen molar-refractivity contribution in [2.75, 3.05) is 13.1 Å². The Bertz CT molecular complexity index is 347. The molecule has 1 aromatic carbocycles. The molecule has 1 atom stereocenters. The van der Waals surface area contributed by atoms with E-state index in [1.165, 1.54) is 5.56 Å². The molecule has 1 unspecified atom stereocenters. The number of hydrogen-bond acceptors (Lipinski definition) is 2. The van der Waals surface area contributed by atoms with Gasteiger partial charge < -0.3 is 0 Å². The molecular formula is C13H16N2. The second-order valence-electron chi connectivity index (χ2n) is 4.27. The van der Waals surface area contributed by atoms with Crippen molar-refractivity contribution in [2.45, 2.75) is 25.3 Å². The lowest BCUT2D eigenvalue weighted by Gasteiger charge is -2.42. The topological polar surface area (TPSA) is 27.0 Å². The summed E-state index contributed by atoms with van der Waals surface area (Å²) in [6, 6.07) is 13.3. The predicted octanol–water partition coefficient (Wildman–Crippen LogP) is 2.39. The highest BCUT2D eigenvalue weighted by Crippen LogP contribution is 2.28. The smallest absolute Gasteiger partial charge is 0.0638 e. The van der Waals surface area contributed by atoms with E-state index in [1.54, 1.807) is 0 Å². The van der Waals surface area contributed by atoms with Gasteiger partial charge in [-0.05, 0) is 12.5 Å². The normalized spacial score (nSPS) is 19.2. The summed E-state index contributed by atoms with van der Waals surface area (Å²) in [6.07, 6.45) is 0.640. The van der Waals surface area contributed by atoms with Gasteiger partial charge in [-0.25, -0.2) is 0 Å². The van der Waals surface area contributed by atoms with Crippen LogP contribution in [-0.4, -0.2) is 24.0 Å². The van der Waals surface area contributed by atoms with E-state index in [1.807, 2.05) is 0 Å². The van der Waals surface area contributed by atoms with E-state index < -0.39 is 0 Å². The fourth-order valence-corrected chi connectivity index (χ4v) is 2.07. The van der Waals surface area contributed by atoms with Gasteiger partial charge in [0.25, 0.3) is 0 Å². The average Bonchev–Trinajstić information content (AvgIpc) is 2.17. The highest BCUT2D eigenvalue weighted by molar-refractivity contribution is 5.22. The number of nitriles is 1. The van der Waals surface area contributed by atoms with E-state index in [0.29, 0.717) is 18.4 Å². The molecule has 2 heteroatoms. The van der Waals surface area contributed by atoms with Gasteiger partial charge in [0.2, 0.25) is 0 Å². The van der Waals surface area contributed by atoms with E-state index in [9.17, 15) is 0 Å². The first-order valence-corrected chi connectivity index (χ1v) is 5.47. The zero-order chi connectivity index (χ0) is 10.7. The molecular weight excluding hydrogens is 184 g/mol. The van der Waals surface area contributed by atoms with E-state index >= 15 is 0 Å². The number of likely N-dealkylation sites (tertiary alicyclic amines) is 1. The Morgan fingerprint density at radius 1 is 1.40 bits per heavy atom. The lowest BCUT2D eigenvalue weighted by Crippen LogP contribution is -2.49. The summed E-state index contributed by atoms with van der Waals surface area (Å²) >= 11 is 0. The van der Waals surface area contributed by atoms with Crippen LogP contribution in [0.15, 0.2) is 30.3 Å². The van der Waals surface area contributed by atoms with Gasteiger partial charge in [0, 0.05) is 25.0 Å². The first kappa shape index (κ1) is 10.2. The maximum atomic E-state index is 8.61. The van der Waals surface area contributed by atoms with Crippen molar-refractivity contribution in [1.29, 1.82) is 5.26 Å². The van der Waals surface area contributed by atoms with Crippen molar-refractivity contribution in [3.8, 4) is 6.07 Å². The monoisotopic (exact) mass is 200 g/mol. The lowest BCUT2D eigenvalue weighted by atomic mass is 9.90. The maximum absolute atomic E-state index is 8.61. The number of rotatable bonds is 3. The number of benzene rings is 1. The van der Waals surface area contributed by atoms with Crippen LogP contribution >= 0.6 is 0 Å². The fraction of sp³-hybridized carbons (Fsp3) is 0.462. The third kappa shape index (κ3) is 2.19. The predicted molar refractivity (Wildman–Crippen MR) is 60.4 cm³/mol. The zero-order valence-corrected chi connectivity index (χ0v) is 9.06. The minimum atomic E-state index is 0.412. The molecule has 78 valence electrons. The third-order valence-electron chi connectivity index (χ3n) is 3.19. The van der Waals surface area contributed by atoms with E-state index in [4.69, 9.17) is 5.26 Å². The van der Waals surface area contributed by atoms with Crippen LogP contribution in [-0.2, 0) is 0 Å². The van der Waals surface area contributed by atoms with E-state index in [-0.39, 0.29) is 0 Å². The summed E-state index contributed by atoms with van der Waals surface area (Å²) in [5, 5.41) is 8.61. The van der Waals surface area contributed by atoms with Crippen LogP contribution in [0.25, 0.3) is 0 Å². The molecule has 1 fully saturated rings. The minimum Gasteiger partial charge on any atom is -0.298 e. The van der Waals surface area contributed by atoms with Crippen LogP contribution in [0.1, 0.15) is 24.8 Å². The van der Waals surface area contributed by atoms with E-state index in [0.717, 1.165) is 13.1 Å². The van der Waals surface area contributed by atoms with Gasteiger partial charge in [0.05, 0.1) is 12.5 Å². The molecule has 0 aliphatic carbocycles. The molecule has 1 aromatic rings. The van der Waals surface area contributed by atoms with Gasteiger partial charge in [0.1, 0.15) is 0 Å². The van der Waals surface area contributed by atoms with Crippen LogP contribution in [0.4, 0.5) is 0 Å². The second-order valence-corrected chi connectivity index (χ2v) is 4.27. The van der Waals surface area contributed by atoms with Gasteiger partial charge >= 0.3 is 0 Å². The number of hydrogen-bond donors (Lipinski definition) is 0. The van der Waals surface area contributed by atoms with Gasteiger partial charge in [-0.2, -0.15) is 5.26 Å². The van der Waals surface area contributed by atoms with Crippen molar-refractivity contribution in [1.82, 2.24) is 4.90 Å². The molecule has 0 N–H and O–H groups in total. The molecule has 0 amide bonds. The molecule has 1 aliphatic heterocycles. The Balaban J connectivity index is 1.87. The SMILES string of the molecule is CC(CC#N)N1CC(c2ccccc2)C1. The molecule has 2 nitrogen and oxygen atoms in total.